The average Bonchev–Trinajstić information content (AvgIpc) is 2.69. The van der Waals surface area contributed by atoms with E-state index in [9.17, 15) is 43.9 Å². The fourth-order valence-electron chi connectivity index (χ4n) is 3.60. The third-order valence-electron chi connectivity index (χ3n) is 5.41. The Morgan fingerprint density at radius 2 is 1.39 bits per heavy atom. The molecule has 2 aromatic rings. The Kier molecular flexibility index (Phi) is 8.30. The van der Waals surface area contributed by atoms with Crippen molar-refractivity contribution < 1.29 is 53.2 Å². The van der Waals surface area contributed by atoms with Gasteiger partial charge in [-0.2, -0.15) is 21.6 Å². The first-order valence-electron chi connectivity index (χ1n) is 10.4. The number of halogens is 9. The number of carboxylic acid groups (broad SMARTS) is 1. The molecule has 0 spiro atoms. The van der Waals surface area contributed by atoms with Gasteiger partial charge in [0.1, 0.15) is 0 Å². The molecule has 2 aliphatic carbocycles. The summed E-state index contributed by atoms with van der Waals surface area (Å²) in [6, 6.07) is 2.16. The van der Waals surface area contributed by atoms with Crippen LogP contribution in [-0.4, -0.2) is 46.9 Å². The van der Waals surface area contributed by atoms with Crippen LogP contribution in [0.4, 0.5) is 41.2 Å². The lowest BCUT2D eigenvalue weighted by Crippen LogP contribution is -2.34. The molecular weight excluding hydrogens is 598 g/mol. The van der Waals surface area contributed by atoms with E-state index in [4.69, 9.17) is 28.3 Å². The predicted molar refractivity (Wildman–Crippen MR) is 120 cm³/mol. The zero-order valence-electron chi connectivity index (χ0n) is 18.6. The van der Waals surface area contributed by atoms with Gasteiger partial charge in [0.05, 0.1) is 39.5 Å². The van der Waals surface area contributed by atoms with Crippen LogP contribution in [-0.2, 0) is 10.1 Å². The van der Waals surface area contributed by atoms with Gasteiger partial charge in [0.2, 0.25) is 11.8 Å². The largest absolute Gasteiger partial charge is 0.534 e. The van der Waals surface area contributed by atoms with Gasteiger partial charge in [-0.05, 0) is 6.07 Å². The molecule has 0 unspecified atom stereocenters. The van der Waals surface area contributed by atoms with Crippen molar-refractivity contribution in [2.45, 2.75) is 54.9 Å². The highest BCUT2D eigenvalue weighted by molar-refractivity contribution is 7.88. The highest BCUT2D eigenvalue weighted by Gasteiger charge is 2.50. The van der Waals surface area contributed by atoms with E-state index in [0.29, 0.717) is 11.9 Å². The molecule has 0 aliphatic heterocycles. The number of anilines is 1. The number of nitrogens with zero attached hydrogens (tertiary/aromatic N) is 2. The number of hydrogen-bond acceptors (Lipinski definition) is 6. The minimum absolute atomic E-state index is 0.0688. The van der Waals surface area contributed by atoms with Crippen molar-refractivity contribution in [3.63, 3.8) is 0 Å². The number of aromatic nitrogens is 2. The van der Waals surface area contributed by atoms with Gasteiger partial charge >= 0.3 is 21.7 Å². The molecule has 18 heteroatoms. The van der Waals surface area contributed by atoms with Gasteiger partial charge in [0.25, 0.3) is 0 Å². The zero-order valence-corrected chi connectivity index (χ0v) is 20.9. The predicted octanol–water partition coefficient (Wildman–Crippen LogP) is 6.81. The topological polar surface area (TPSA) is 118 Å². The Labute approximate surface area is 220 Å². The van der Waals surface area contributed by atoms with Gasteiger partial charge in [-0.25, -0.2) is 22.4 Å². The lowest BCUT2D eigenvalue weighted by Gasteiger charge is -2.34. The molecule has 38 heavy (non-hydrogen) atoms. The van der Waals surface area contributed by atoms with E-state index in [0.717, 1.165) is 6.07 Å². The van der Waals surface area contributed by atoms with Gasteiger partial charge in [-0.3, -0.25) is 15.3 Å². The Balaban J connectivity index is 0.000000215. The Morgan fingerprint density at radius 3 is 1.76 bits per heavy atom. The number of amides is 1. The number of nitrogens with one attached hydrogen (secondary N) is 1. The normalized spacial score (nSPS) is 18.9. The monoisotopic (exact) mass is 613 g/mol. The van der Waals surface area contributed by atoms with E-state index in [1.54, 1.807) is 0 Å². The molecule has 0 radical (unpaired) electrons. The molecule has 2 saturated carbocycles. The number of alkyl halides is 7. The van der Waals surface area contributed by atoms with Gasteiger partial charge < -0.3 is 9.29 Å². The lowest BCUT2D eigenvalue weighted by molar-refractivity contribution is -0.0881. The van der Waals surface area contributed by atoms with E-state index in [-0.39, 0.29) is 40.2 Å². The first-order chi connectivity index (χ1) is 17.3. The summed E-state index contributed by atoms with van der Waals surface area (Å²) in [6.45, 7) is 0. The summed E-state index contributed by atoms with van der Waals surface area (Å²) in [5.74, 6) is -7.16. The number of pyridine rings is 2. The number of rotatable bonds is 5. The van der Waals surface area contributed by atoms with Crippen LogP contribution in [0.15, 0.2) is 24.5 Å². The van der Waals surface area contributed by atoms with Gasteiger partial charge in [-0.1, -0.05) is 23.2 Å². The van der Waals surface area contributed by atoms with Crippen LogP contribution in [0.1, 0.15) is 48.9 Å². The summed E-state index contributed by atoms with van der Waals surface area (Å²) >= 11 is 11.6. The molecule has 8 nitrogen and oxygen atoms in total. The minimum atomic E-state index is -5.83. The first-order valence-corrected chi connectivity index (χ1v) is 12.5. The minimum Gasteiger partial charge on any atom is -0.465 e. The van der Waals surface area contributed by atoms with E-state index in [1.165, 1.54) is 12.3 Å². The summed E-state index contributed by atoms with van der Waals surface area (Å²) in [6.07, 6.45) is -0.726. The van der Waals surface area contributed by atoms with Crippen LogP contribution in [0.25, 0.3) is 0 Å². The average molecular weight is 614 g/mol. The van der Waals surface area contributed by atoms with Crippen LogP contribution in [0.2, 0.25) is 10.0 Å². The third kappa shape index (κ3) is 7.28. The number of carbonyl (C=O) groups is 1. The summed E-state index contributed by atoms with van der Waals surface area (Å²) in [5.41, 5.74) is -4.90. The maximum absolute atomic E-state index is 12.7. The molecular formula is C20H16Cl2F7N3O5S. The van der Waals surface area contributed by atoms with Crippen molar-refractivity contribution in [2.24, 2.45) is 0 Å². The fraction of sp³-hybridized carbons (Fsp3) is 0.450. The second-order valence-electron chi connectivity index (χ2n) is 8.46. The Morgan fingerprint density at radius 1 is 0.947 bits per heavy atom. The standard InChI is InChI=1S/C10H7ClF5NO3S.C10H9ClF2N2O2/c11-7-1-6(20-21(18,19)10(14,15)16)4-17-8(7)5-2-9(12,13)3-5;11-7-1-6(15-9(16)17)4-14-8(7)5-2-10(12,13)3-5/h1,4-5H,2-3H2;1,4-5,15H,2-3H2,(H,16,17). The lowest BCUT2D eigenvalue weighted by atomic mass is 9.79. The summed E-state index contributed by atoms with van der Waals surface area (Å²) in [5, 5.41) is 10.5. The molecule has 4 rings (SSSR count). The molecule has 2 aromatic heterocycles. The molecule has 0 atom stereocenters. The highest BCUT2D eigenvalue weighted by atomic mass is 35.5. The van der Waals surface area contributed by atoms with Gasteiger partial charge in [-0.15, -0.1) is 0 Å². The van der Waals surface area contributed by atoms with Crippen LogP contribution in [0.3, 0.4) is 0 Å². The van der Waals surface area contributed by atoms with Crippen molar-refractivity contribution >= 4 is 45.1 Å². The molecule has 1 amide bonds. The summed E-state index contributed by atoms with van der Waals surface area (Å²) in [7, 11) is -5.83. The quantitative estimate of drug-likeness (QED) is 0.216. The van der Waals surface area contributed by atoms with Crippen molar-refractivity contribution in [3.8, 4) is 5.75 Å². The van der Waals surface area contributed by atoms with Crippen molar-refractivity contribution in [2.75, 3.05) is 5.32 Å². The molecule has 0 bridgehead atoms. The summed E-state index contributed by atoms with van der Waals surface area (Å²) in [4.78, 5) is 17.9. The summed E-state index contributed by atoms with van der Waals surface area (Å²) < 4.78 is 113. The molecule has 2 aliphatic rings. The SMILES string of the molecule is O=C(O)Nc1cnc(C2CC(F)(F)C2)c(Cl)c1.O=S(=O)(Oc1cnc(C2CC(F)(F)C2)c(Cl)c1)C(F)(F)F. The second-order valence-corrected chi connectivity index (χ2v) is 10.8. The molecule has 0 saturated heterocycles. The third-order valence-corrected chi connectivity index (χ3v) is 6.99. The van der Waals surface area contributed by atoms with Crippen LogP contribution in [0, 0.1) is 0 Å². The smallest absolute Gasteiger partial charge is 0.465 e. The highest BCUT2D eigenvalue weighted by Crippen LogP contribution is 2.50. The maximum atomic E-state index is 12.7. The maximum Gasteiger partial charge on any atom is 0.534 e. The van der Waals surface area contributed by atoms with E-state index >= 15 is 0 Å². The Hall–Kier alpha value is -2.59. The van der Waals surface area contributed by atoms with Crippen molar-refractivity contribution in [1.29, 1.82) is 0 Å². The van der Waals surface area contributed by atoms with Crippen LogP contribution < -0.4 is 9.50 Å². The fourth-order valence-corrected chi connectivity index (χ4v) is 4.67. The van der Waals surface area contributed by atoms with Crippen LogP contribution >= 0.6 is 23.2 Å². The molecule has 2 fully saturated rings. The Bertz CT molecular complexity index is 1310. The zero-order chi connectivity index (χ0) is 28.7. The van der Waals surface area contributed by atoms with Crippen LogP contribution in [0.5, 0.6) is 5.75 Å². The second kappa shape index (κ2) is 10.5. The molecule has 0 aromatic carbocycles. The molecule has 210 valence electrons. The number of hydrogen-bond donors (Lipinski definition) is 2. The van der Waals surface area contributed by atoms with Crippen molar-refractivity contribution in [3.05, 3.63) is 46.0 Å². The van der Waals surface area contributed by atoms with E-state index in [2.05, 4.69) is 19.5 Å². The molecule has 2 N–H and O–H groups in total. The van der Waals surface area contributed by atoms with Gasteiger partial charge in [0.15, 0.2) is 5.75 Å². The van der Waals surface area contributed by atoms with E-state index in [1.807, 2.05) is 0 Å². The van der Waals surface area contributed by atoms with Crippen molar-refractivity contribution in [1.82, 2.24) is 9.97 Å². The van der Waals surface area contributed by atoms with E-state index < -0.39 is 58.1 Å². The van der Waals surface area contributed by atoms with Gasteiger partial charge in [0, 0.05) is 43.6 Å². The first kappa shape index (κ1) is 30.0. The molecule has 2 heterocycles.